The van der Waals surface area contributed by atoms with Crippen molar-refractivity contribution in [2.75, 3.05) is 0 Å². The SMILES string of the molecule is O.O.[O-]c1cccc2cccnc12.[O-]c1cccc2cccnc12.[Zn+2]. The minimum absolute atomic E-state index is 0. The van der Waals surface area contributed by atoms with E-state index in [1.807, 2.05) is 36.4 Å². The van der Waals surface area contributed by atoms with Gasteiger partial charge in [0.05, 0.1) is 11.0 Å². The van der Waals surface area contributed by atoms with Crippen LogP contribution in [0.15, 0.2) is 73.1 Å². The summed E-state index contributed by atoms with van der Waals surface area (Å²) in [5.74, 6) is -0.0220. The molecule has 0 amide bonds. The molecule has 25 heavy (non-hydrogen) atoms. The van der Waals surface area contributed by atoms with Crippen molar-refractivity contribution in [1.29, 1.82) is 0 Å². The van der Waals surface area contributed by atoms with Gasteiger partial charge in [-0.1, -0.05) is 60.0 Å². The van der Waals surface area contributed by atoms with Crippen molar-refractivity contribution in [2.24, 2.45) is 0 Å². The number of hydrogen-bond acceptors (Lipinski definition) is 4. The van der Waals surface area contributed by atoms with Gasteiger partial charge in [-0.15, -0.1) is 0 Å². The van der Waals surface area contributed by atoms with Crippen molar-refractivity contribution in [3.8, 4) is 11.5 Å². The zero-order chi connectivity index (χ0) is 15.4. The van der Waals surface area contributed by atoms with E-state index in [-0.39, 0.29) is 41.9 Å². The van der Waals surface area contributed by atoms with Crippen LogP contribution >= 0.6 is 0 Å². The molecular weight excluding hydrogens is 374 g/mol. The summed E-state index contributed by atoms with van der Waals surface area (Å²) >= 11 is 0. The Labute approximate surface area is 157 Å². The molecular formula is C18H16N2O4Zn. The molecule has 0 fully saturated rings. The zero-order valence-electron chi connectivity index (χ0n) is 13.3. The van der Waals surface area contributed by atoms with E-state index in [1.165, 1.54) is 12.1 Å². The second-order valence-electron chi connectivity index (χ2n) is 4.66. The fourth-order valence-corrected chi connectivity index (χ4v) is 2.15. The first-order valence-corrected chi connectivity index (χ1v) is 6.77. The molecule has 0 saturated carbocycles. The maximum atomic E-state index is 11.1. The Morgan fingerprint density at radius 2 is 0.920 bits per heavy atom. The van der Waals surface area contributed by atoms with Gasteiger partial charge < -0.3 is 21.2 Å². The van der Waals surface area contributed by atoms with Gasteiger partial charge in [-0.25, -0.2) is 0 Å². The molecule has 124 valence electrons. The van der Waals surface area contributed by atoms with E-state index in [4.69, 9.17) is 0 Å². The van der Waals surface area contributed by atoms with Crippen LogP contribution in [-0.4, -0.2) is 20.9 Å². The van der Waals surface area contributed by atoms with Gasteiger partial charge in [-0.2, -0.15) is 0 Å². The van der Waals surface area contributed by atoms with Gasteiger partial charge in [0.25, 0.3) is 0 Å². The monoisotopic (exact) mass is 388 g/mol. The summed E-state index contributed by atoms with van der Waals surface area (Å²) in [6.45, 7) is 0. The van der Waals surface area contributed by atoms with Crippen LogP contribution in [0.2, 0.25) is 0 Å². The van der Waals surface area contributed by atoms with E-state index >= 15 is 0 Å². The molecule has 4 rings (SSSR count). The van der Waals surface area contributed by atoms with Crippen LogP contribution in [-0.2, 0) is 19.5 Å². The predicted molar refractivity (Wildman–Crippen MR) is 89.6 cm³/mol. The van der Waals surface area contributed by atoms with E-state index in [0.717, 1.165) is 10.8 Å². The maximum absolute atomic E-state index is 11.1. The van der Waals surface area contributed by atoms with Crippen LogP contribution < -0.4 is 10.2 Å². The smallest absolute Gasteiger partial charge is 0.871 e. The molecule has 4 N–H and O–H groups in total. The van der Waals surface area contributed by atoms with Crippen LogP contribution in [0.4, 0.5) is 0 Å². The number of pyridine rings is 2. The molecule has 0 saturated heterocycles. The summed E-state index contributed by atoms with van der Waals surface area (Å²) < 4.78 is 0. The van der Waals surface area contributed by atoms with Crippen molar-refractivity contribution in [3.05, 3.63) is 73.1 Å². The predicted octanol–water partition coefficient (Wildman–Crippen LogP) is 0.965. The van der Waals surface area contributed by atoms with Crippen LogP contribution in [0.5, 0.6) is 11.5 Å². The second kappa shape index (κ2) is 10.3. The molecule has 2 aromatic carbocycles. The summed E-state index contributed by atoms with van der Waals surface area (Å²) in [5.41, 5.74) is 1.10. The fraction of sp³-hybridized carbons (Fsp3) is 0. The zero-order valence-corrected chi connectivity index (χ0v) is 16.3. The Bertz CT molecular complexity index is 847. The molecule has 0 aliphatic carbocycles. The average molecular weight is 390 g/mol. The molecule has 2 heterocycles. The van der Waals surface area contributed by atoms with E-state index < -0.39 is 0 Å². The number of rotatable bonds is 0. The first-order chi connectivity index (χ1) is 10.8. The summed E-state index contributed by atoms with van der Waals surface area (Å²) in [4.78, 5) is 7.94. The van der Waals surface area contributed by atoms with E-state index in [9.17, 15) is 10.2 Å². The first kappa shape index (κ1) is 22.4. The Kier molecular flexibility index (Phi) is 9.24. The number of fused-ring (bicyclic) bond motifs is 2. The van der Waals surface area contributed by atoms with E-state index in [1.54, 1.807) is 24.5 Å². The van der Waals surface area contributed by atoms with Gasteiger partial charge in [0.1, 0.15) is 0 Å². The van der Waals surface area contributed by atoms with Gasteiger partial charge in [0.15, 0.2) is 0 Å². The van der Waals surface area contributed by atoms with Crippen LogP contribution in [0.3, 0.4) is 0 Å². The normalized spacial score (nSPS) is 8.96. The van der Waals surface area contributed by atoms with E-state index in [2.05, 4.69) is 9.97 Å². The van der Waals surface area contributed by atoms with Gasteiger partial charge in [0.2, 0.25) is 0 Å². The molecule has 0 spiro atoms. The molecule has 7 heteroatoms. The van der Waals surface area contributed by atoms with Crippen molar-refractivity contribution in [2.45, 2.75) is 0 Å². The number of benzene rings is 2. The molecule has 0 atom stereocenters. The summed E-state index contributed by atoms with van der Waals surface area (Å²) in [6.07, 6.45) is 3.26. The Morgan fingerprint density at radius 3 is 1.28 bits per heavy atom. The number of aromatic nitrogens is 2. The quantitative estimate of drug-likeness (QED) is 0.414. The van der Waals surface area contributed by atoms with Gasteiger partial charge in [0, 0.05) is 12.4 Å². The second-order valence-corrected chi connectivity index (χ2v) is 4.66. The summed E-state index contributed by atoms with van der Waals surface area (Å²) in [6, 6.07) is 17.7. The minimum Gasteiger partial charge on any atom is -0.871 e. The fourth-order valence-electron chi connectivity index (χ4n) is 2.15. The Hall–Kier alpha value is -2.60. The molecule has 0 aliphatic rings. The van der Waals surface area contributed by atoms with Gasteiger partial charge in [-0.3, -0.25) is 9.97 Å². The number of nitrogens with zero attached hydrogens (tertiary/aromatic N) is 2. The summed E-state index contributed by atoms with van der Waals surface area (Å²) in [7, 11) is 0. The third-order valence-electron chi connectivity index (χ3n) is 3.19. The third kappa shape index (κ3) is 5.19. The minimum atomic E-state index is -0.0110. The van der Waals surface area contributed by atoms with Crippen LogP contribution in [0, 0.1) is 0 Å². The topological polar surface area (TPSA) is 135 Å². The molecule has 0 unspecified atom stereocenters. The van der Waals surface area contributed by atoms with E-state index in [0.29, 0.717) is 11.0 Å². The largest absolute Gasteiger partial charge is 2.00 e. The van der Waals surface area contributed by atoms with Crippen LogP contribution in [0.1, 0.15) is 0 Å². The molecule has 4 aromatic rings. The van der Waals surface area contributed by atoms with Crippen molar-refractivity contribution in [3.63, 3.8) is 0 Å². The van der Waals surface area contributed by atoms with Crippen molar-refractivity contribution in [1.82, 2.24) is 9.97 Å². The number of para-hydroxylation sites is 2. The average Bonchev–Trinajstić information content (AvgIpc) is 2.57. The molecule has 2 aromatic heterocycles. The summed E-state index contributed by atoms with van der Waals surface area (Å²) in [5, 5.41) is 24.0. The molecule has 0 bridgehead atoms. The molecule has 0 aliphatic heterocycles. The van der Waals surface area contributed by atoms with Crippen molar-refractivity contribution < 1.29 is 40.6 Å². The Balaban J connectivity index is 0.000000411. The first-order valence-electron chi connectivity index (χ1n) is 6.77. The van der Waals surface area contributed by atoms with Gasteiger partial charge in [-0.05, 0) is 22.9 Å². The maximum Gasteiger partial charge on any atom is 2.00 e. The molecule has 0 radical (unpaired) electrons. The van der Waals surface area contributed by atoms with Crippen molar-refractivity contribution >= 4 is 21.8 Å². The molecule has 6 nitrogen and oxygen atoms in total. The van der Waals surface area contributed by atoms with Crippen LogP contribution in [0.25, 0.3) is 21.8 Å². The number of hydrogen-bond donors (Lipinski definition) is 0. The Morgan fingerprint density at radius 1 is 0.560 bits per heavy atom. The van der Waals surface area contributed by atoms with Gasteiger partial charge >= 0.3 is 19.5 Å². The third-order valence-corrected chi connectivity index (χ3v) is 3.19. The standard InChI is InChI=1S/2C9H7NO.2H2O.Zn/c2*11-8-5-1-3-7-4-2-6-10-9(7)8;;;/h2*1-6,11H;2*1H2;/q;;;;+2/p-2.